The van der Waals surface area contributed by atoms with Gasteiger partial charge in [0, 0.05) is 18.1 Å². The Labute approximate surface area is 58.9 Å². The highest BCUT2D eigenvalue weighted by Crippen LogP contribution is 2.25. The lowest BCUT2D eigenvalue weighted by molar-refractivity contribution is 0.152. The summed E-state index contributed by atoms with van der Waals surface area (Å²) in [6.07, 6.45) is 0.281. The summed E-state index contributed by atoms with van der Waals surface area (Å²) in [5, 5.41) is 17.4. The average Bonchev–Trinajstić information content (AvgIpc) is 2.18. The summed E-state index contributed by atoms with van der Waals surface area (Å²) in [7, 11) is 0. The Balaban J connectivity index is 2.33. The molecule has 0 bridgehead atoms. The Morgan fingerprint density at radius 1 is 1.67 bits per heavy atom. The fraction of sp³-hybridized carbons (Fsp3) is 0.833. The first kappa shape index (κ1) is 6.91. The fourth-order valence-electron chi connectivity index (χ4n) is 0.900. The van der Waals surface area contributed by atoms with Crippen LogP contribution in [0.2, 0.25) is 0 Å². The third kappa shape index (κ3) is 1.60. The molecule has 1 N–H and O–H groups in total. The molecule has 1 heterocycles. The first-order valence-electron chi connectivity index (χ1n) is 2.97. The van der Waals surface area contributed by atoms with Crippen LogP contribution < -0.4 is 0 Å². The molecule has 3 heteroatoms. The van der Waals surface area contributed by atoms with Crippen molar-refractivity contribution in [2.24, 2.45) is 5.92 Å². The molecule has 0 amide bonds. The van der Waals surface area contributed by atoms with E-state index in [9.17, 15) is 0 Å². The molecule has 1 saturated heterocycles. The van der Waals surface area contributed by atoms with Crippen LogP contribution in [0.3, 0.4) is 0 Å². The second-order valence-electron chi connectivity index (χ2n) is 2.23. The fourth-order valence-corrected chi connectivity index (χ4v) is 2.19. The zero-order valence-corrected chi connectivity index (χ0v) is 5.90. The summed E-state index contributed by atoms with van der Waals surface area (Å²) < 4.78 is 0. The third-order valence-electron chi connectivity index (χ3n) is 1.52. The molecule has 2 nitrogen and oxygen atoms in total. The SMILES string of the molecule is N#CCC1CSC[C@H]1O. The lowest BCUT2D eigenvalue weighted by Crippen LogP contribution is -2.16. The van der Waals surface area contributed by atoms with Gasteiger partial charge in [-0.15, -0.1) is 0 Å². The van der Waals surface area contributed by atoms with E-state index in [1.165, 1.54) is 0 Å². The molecule has 0 spiro atoms. The minimum Gasteiger partial charge on any atom is -0.392 e. The van der Waals surface area contributed by atoms with Crippen molar-refractivity contribution >= 4 is 11.8 Å². The second-order valence-corrected chi connectivity index (χ2v) is 3.30. The van der Waals surface area contributed by atoms with Crippen LogP contribution in [0.25, 0.3) is 0 Å². The molecule has 0 radical (unpaired) electrons. The highest BCUT2D eigenvalue weighted by Gasteiger charge is 2.24. The van der Waals surface area contributed by atoms with E-state index in [1.807, 2.05) is 0 Å². The van der Waals surface area contributed by atoms with Gasteiger partial charge in [-0.25, -0.2) is 0 Å². The van der Waals surface area contributed by atoms with Gasteiger partial charge in [-0.2, -0.15) is 17.0 Å². The molecule has 0 saturated carbocycles. The van der Waals surface area contributed by atoms with Crippen molar-refractivity contribution in [3.63, 3.8) is 0 Å². The molecule has 1 aliphatic heterocycles. The van der Waals surface area contributed by atoms with Crippen LogP contribution in [-0.2, 0) is 0 Å². The zero-order valence-electron chi connectivity index (χ0n) is 5.08. The highest BCUT2D eigenvalue weighted by molar-refractivity contribution is 7.99. The van der Waals surface area contributed by atoms with Crippen molar-refractivity contribution in [2.45, 2.75) is 12.5 Å². The maximum absolute atomic E-state index is 9.15. The lowest BCUT2D eigenvalue weighted by atomic mass is 10.0. The van der Waals surface area contributed by atoms with Gasteiger partial charge in [0.25, 0.3) is 0 Å². The standard InChI is InChI=1S/C6H9NOS/c7-2-1-5-3-9-4-6(5)8/h5-6,8H,1,3-4H2/t5?,6-/m1/s1. The second kappa shape index (κ2) is 3.09. The summed E-state index contributed by atoms with van der Waals surface area (Å²) >= 11 is 1.73. The number of aliphatic hydroxyl groups is 1. The van der Waals surface area contributed by atoms with Crippen molar-refractivity contribution in [2.75, 3.05) is 11.5 Å². The minimum absolute atomic E-state index is 0.227. The monoisotopic (exact) mass is 143 g/mol. The molecule has 0 aliphatic carbocycles. The van der Waals surface area contributed by atoms with E-state index in [0.29, 0.717) is 6.42 Å². The maximum Gasteiger partial charge on any atom is 0.0676 e. The van der Waals surface area contributed by atoms with Crippen LogP contribution in [0.15, 0.2) is 0 Å². The maximum atomic E-state index is 9.15. The smallest absolute Gasteiger partial charge is 0.0676 e. The van der Waals surface area contributed by atoms with Crippen molar-refractivity contribution in [3.05, 3.63) is 0 Å². The Morgan fingerprint density at radius 2 is 2.44 bits per heavy atom. The first-order valence-corrected chi connectivity index (χ1v) is 4.13. The van der Waals surface area contributed by atoms with Crippen molar-refractivity contribution in [1.82, 2.24) is 0 Å². The Hall–Kier alpha value is -0.200. The molecular formula is C6H9NOS. The summed E-state index contributed by atoms with van der Waals surface area (Å²) in [4.78, 5) is 0. The summed E-state index contributed by atoms with van der Waals surface area (Å²) in [6.45, 7) is 0. The number of nitrogens with zero attached hydrogens (tertiary/aromatic N) is 1. The van der Waals surface area contributed by atoms with Crippen LogP contribution in [-0.4, -0.2) is 22.7 Å². The number of rotatable bonds is 1. The molecular weight excluding hydrogens is 134 g/mol. The van der Waals surface area contributed by atoms with Crippen molar-refractivity contribution < 1.29 is 5.11 Å². The molecule has 0 aromatic heterocycles. The quantitative estimate of drug-likeness (QED) is 0.585. The summed E-state index contributed by atoms with van der Waals surface area (Å²) in [6, 6.07) is 2.07. The topological polar surface area (TPSA) is 44.0 Å². The Kier molecular flexibility index (Phi) is 2.38. The van der Waals surface area contributed by atoms with E-state index < -0.39 is 0 Å². The molecule has 2 atom stereocenters. The predicted molar refractivity (Wildman–Crippen MR) is 37.1 cm³/mol. The van der Waals surface area contributed by atoms with Gasteiger partial charge in [0.15, 0.2) is 0 Å². The Bertz CT molecular complexity index is 132. The van der Waals surface area contributed by atoms with Crippen molar-refractivity contribution in [1.29, 1.82) is 5.26 Å². The van der Waals surface area contributed by atoms with Crippen LogP contribution in [0.4, 0.5) is 0 Å². The molecule has 50 valence electrons. The molecule has 1 rings (SSSR count). The molecule has 9 heavy (non-hydrogen) atoms. The molecule has 1 fully saturated rings. The van der Waals surface area contributed by atoms with Crippen LogP contribution >= 0.6 is 11.8 Å². The van der Waals surface area contributed by atoms with E-state index in [2.05, 4.69) is 6.07 Å². The van der Waals surface area contributed by atoms with Gasteiger partial charge in [-0.05, 0) is 5.75 Å². The normalized spacial score (nSPS) is 34.2. The molecule has 0 aromatic carbocycles. The average molecular weight is 143 g/mol. The highest BCUT2D eigenvalue weighted by atomic mass is 32.2. The van der Waals surface area contributed by atoms with E-state index in [1.54, 1.807) is 11.8 Å². The number of aliphatic hydroxyl groups excluding tert-OH is 1. The van der Waals surface area contributed by atoms with Gasteiger partial charge in [0.1, 0.15) is 0 Å². The largest absolute Gasteiger partial charge is 0.392 e. The number of nitriles is 1. The third-order valence-corrected chi connectivity index (χ3v) is 2.76. The zero-order chi connectivity index (χ0) is 6.69. The minimum atomic E-state index is -0.227. The van der Waals surface area contributed by atoms with E-state index in [-0.39, 0.29) is 12.0 Å². The predicted octanol–water partition coefficient (Wildman–Crippen LogP) is 0.624. The Morgan fingerprint density at radius 3 is 2.89 bits per heavy atom. The van der Waals surface area contributed by atoms with E-state index in [4.69, 9.17) is 10.4 Å². The van der Waals surface area contributed by atoms with E-state index in [0.717, 1.165) is 11.5 Å². The van der Waals surface area contributed by atoms with Gasteiger partial charge in [0.05, 0.1) is 12.2 Å². The van der Waals surface area contributed by atoms with Gasteiger partial charge in [0.2, 0.25) is 0 Å². The van der Waals surface area contributed by atoms with Gasteiger partial charge in [-0.3, -0.25) is 0 Å². The van der Waals surface area contributed by atoms with Crippen molar-refractivity contribution in [3.8, 4) is 6.07 Å². The van der Waals surface area contributed by atoms with Gasteiger partial charge < -0.3 is 5.11 Å². The van der Waals surface area contributed by atoms with Gasteiger partial charge in [-0.1, -0.05) is 0 Å². The number of hydrogen-bond acceptors (Lipinski definition) is 3. The van der Waals surface area contributed by atoms with Gasteiger partial charge >= 0.3 is 0 Å². The molecule has 1 unspecified atom stereocenters. The summed E-state index contributed by atoms with van der Waals surface area (Å²) in [5.41, 5.74) is 0. The number of hydrogen-bond donors (Lipinski definition) is 1. The number of thioether (sulfide) groups is 1. The van der Waals surface area contributed by atoms with Crippen LogP contribution in [0, 0.1) is 17.2 Å². The molecule has 0 aromatic rings. The van der Waals surface area contributed by atoms with E-state index >= 15 is 0 Å². The summed E-state index contributed by atoms with van der Waals surface area (Å²) in [5.74, 6) is 2.00. The van der Waals surface area contributed by atoms with Crippen LogP contribution in [0.5, 0.6) is 0 Å². The first-order chi connectivity index (χ1) is 4.34. The molecule has 1 aliphatic rings. The lowest BCUT2D eigenvalue weighted by Gasteiger charge is -2.06. The van der Waals surface area contributed by atoms with Crippen LogP contribution in [0.1, 0.15) is 6.42 Å².